The van der Waals surface area contributed by atoms with Gasteiger partial charge in [-0.05, 0) is 79.5 Å². The Labute approximate surface area is 287 Å². The first kappa shape index (κ1) is 26.3. The number of fused-ring (bicyclic) bond motifs is 6. The predicted molar refractivity (Wildman–Crippen MR) is 213 cm³/mol. The molecule has 50 heavy (non-hydrogen) atoms. The van der Waals surface area contributed by atoms with Crippen molar-refractivity contribution in [1.82, 2.24) is 9.13 Å². The highest BCUT2D eigenvalue weighted by atomic mass is 15.0. The van der Waals surface area contributed by atoms with Crippen molar-refractivity contribution in [3.05, 3.63) is 170 Å². The minimum atomic E-state index is 1.20. The molecule has 2 aliphatic rings. The Morgan fingerprint density at radius 2 is 0.640 bits per heavy atom. The van der Waals surface area contributed by atoms with Crippen LogP contribution in [0.5, 0.6) is 0 Å². The standard InChI is InChI=1S/C48H28N2/c1-7-19-35-29(11-1)15-9-21-39(35)49-41-25-23-38-34-18-6-4-14-32(34)28-44-46(38)47(41)48-42(50(44)40-22-10-16-30-12-2-8-20-36(30)40)26-24-37-33-17-5-3-13-31(33)27-43(49)45(37)48/h1-28H. The van der Waals surface area contributed by atoms with E-state index in [1.54, 1.807) is 0 Å². The Morgan fingerprint density at radius 1 is 0.260 bits per heavy atom. The van der Waals surface area contributed by atoms with Gasteiger partial charge in [0, 0.05) is 32.7 Å². The molecule has 230 valence electrons. The van der Waals surface area contributed by atoms with Gasteiger partial charge in [-0.1, -0.05) is 133 Å². The summed E-state index contributed by atoms with van der Waals surface area (Å²) in [7, 11) is 0. The van der Waals surface area contributed by atoms with Crippen LogP contribution < -0.4 is 0 Å². The summed E-state index contributed by atoms with van der Waals surface area (Å²) < 4.78 is 5.10. The summed E-state index contributed by atoms with van der Waals surface area (Å²) in [6, 6.07) is 63.1. The van der Waals surface area contributed by atoms with Crippen LogP contribution in [0.1, 0.15) is 0 Å². The van der Waals surface area contributed by atoms with E-state index in [0.29, 0.717) is 0 Å². The second-order valence-electron chi connectivity index (χ2n) is 13.7. The van der Waals surface area contributed by atoms with Gasteiger partial charge in [0.05, 0.1) is 33.4 Å². The van der Waals surface area contributed by atoms with Gasteiger partial charge in [0.1, 0.15) is 0 Å². The molecular formula is C48H28N2. The fourth-order valence-electron chi connectivity index (χ4n) is 9.16. The summed E-state index contributed by atoms with van der Waals surface area (Å²) in [5.41, 5.74) is 9.92. The van der Waals surface area contributed by atoms with E-state index in [0.717, 1.165) is 0 Å². The summed E-state index contributed by atoms with van der Waals surface area (Å²) in [6.45, 7) is 0. The molecule has 0 bridgehead atoms. The van der Waals surface area contributed by atoms with E-state index in [1.165, 1.54) is 109 Å². The molecule has 2 nitrogen and oxygen atoms in total. The molecule has 0 saturated heterocycles. The zero-order valence-corrected chi connectivity index (χ0v) is 27.1. The Balaban J connectivity index is 1.42. The van der Waals surface area contributed by atoms with Crippen molar-refractivity contribution in [2.75, 3.05) is 0 Å². The molecule has 0 fully saturated rings. The minimum Gasteiger partial charge on any atom is -0.309 e. The van der Waals surface area contributed by atoms with Crippen LogP contribution in [0, 0.1) is 0 Å². The van der Waals surface area contributed by atoms with Crippen molar-refractivity contribution in [3.8, 4) is 22.5 Å². The van der Waals surface area contributed by atoms with Crippen LogP contribution >= 0.6 is 0 Å². The molecule has 0 unspecified atom stereocenters. The van der Waals surface area contributed by atoms with Crippen LogP contribution in [0.2, 0.25) is 0 Å². The third kappa shape index (κ3) is 3.28. The smallest absolute Gasteiger partial charge is 0.0554 e. The first-order chi connectivity index (χ1) is 24.8. The van der Waals surface area contributed by atoms with Crippen molar-refractivity contribution in [2.24, 2.45) is 0 Å². The summed E-state index contributed by atoms with van der Waals surface area (Å²) >= 11 is 0. The molecule has 0 N–H and O–H groups in total. The number of benzene rings is 10. The second-order valence-corrected chi connectivity index (χ2v) is 13.7. The molecular weight excluding hydrogens is 605 g/mol. The van der Waals surface area contributed by atoms with Crippen LogP contribution in [0.4, 0.5) is 0 Å². The van der Waals surface area contributed by atoms with Gasteiger partial charge in [-0.15, -0.1) is 0 Å². The van der Waals surface area contributed by atoms with E-state index in [4.69, 9.17) is 0 Å². The van der Waals surface area contributed by atoms with E-state index in [2.05, 4.69) is 179 Å². The van der Waals surface area contributed by atoms with Crippen LogP contribution in [-0.2, 0) is 0 Å². The van der Waals surface area contributed by atoms with E-state index in [-0.39, 0.29) is 0 Å². The normalized spacial score (nSPS) is 12.4. The van der Waals surface area contributed by atoms with Crippen molar-refractivity contribution >= 4 is 86.7 Å². The summed E-state index contributed by atoms with van der Waals surface area (Å²) in [6.07, 6.45) is 0. The van der Waals surface area contributed by atoms with E-state index in [9.17, 15) is 0 Å². The fourth-order valence-corrected chi connectivity index (χ4v) is 9.16. The Kier molecular flexibility index (Phi) is 5.00. The summed E-state index contributed by atoms with van der Waals surface area (Å²) in [5.74, 6) is 0. The minimum absolute atomic E-state index is 1.20. The molecule has 0 spiro atoms. The van der Waals surface area contributed by atoms with Crippen molar-refractivity contribution in [3.63, 3.8) is 0 Å². The number of pyridine rings is 2. The van der Waals surface area contributed by atoms with Gasteiger partial charge in [0.15, 0.2) is 0 Å². The highest BCUT2D eigenvalue weighted by Gasteiger charge is 2.29. The first-order valence-electron chi connectivity index (χ1n) is 17.4. The Hall–Kier alpha value is -6.64. The monoisotopic (exact) mass is 632 g/mol. The quantitative estimate of drug-likeness (QED) is 0.133. The molecule has 0 amide bonds. The number of rotatable bonds is 2. The molecule has 10 aromatic carbocycles. The van der Waals surface area contributed by atoms with Crippen LogP contribution in [0.3, 0.4) is 0 Å². The average Bonchev–Trinajstić information content (AvgIpc) is 3.18. The first-order valence-corrected chi connectivity index (χ1v) is 17.4. The van der Waals surface area contributed by atoms with Crippen LogP contribution in [0.25, 0.3) is 109 Å². The van der Waals surface area contributed by atoms with Crippen LogP contribution in [0.15, 0.2) is 170 Å². The lowest BCUT2D eigenvalue weighted by Gasteiger charge is -2.30. The molecule has 2 heteroatoms. The van der Waals surface area contributed by atoms with E-state index >= 15 is 0 Å². The second kappa shape index (κ2) is 9.49. The Bertz CT molecular complexity index is 3080. The van der Waals surface area contributed by atoms with Gasteiger partial charge < -0.3 is 9.13 Å². The SMILES string of the molecule is c1ccc2c(-n3c4ccc5c6ccccc6cc6c5c4-c4c5c(ccc4n6-c4cccc6ccccc46)c4ccccc4cc53)cccc2c1. The van der Waals surface area contributed by atoms with E-state index < -0.39 is 0 Å². The topological polar surface area (TPSA) is 9.86 Å². The van der Waals surface area contributed by atoms with Gasteiger partial charge >= 0.3 is 0 Å². The zero-order chi connectivity index (χ0) is 32.5. The molecule has 0 aromatic heterocycles. The Morgan fingerprint density at radius 3 is 1.10 bits per heavy atom. The predicted octanol–water partition coefficient (Wildman–Crippen LogP) is 13.0. The lowest BCUT2D eigenvalue weighted by Crippen LogP contribution is -2.10. The summed E-state index contributed by atoms with van der Waals surface area (Å²) in [4.78, 5) is 0. The van der Waals surface area contributed by atoms with Crippen molar-refractivity contribution < 1.29 is 0 Å². The van der Waals surface area contributed by atoms with Gasteiger partial charge in [0.2, 0.25) is 0 Å². The molecule has 12 rings (SSSR count). The molecule has 0 atom stereocenters. The fraction of sp³-hybridized carbons (Fsp3) is 0. The van der Waals surface area contributed by atoms with Crippen molar-refractivity contribution in [1.29, 1.82) is 0 Å². The number of hydrogen-bond acceptors (Lipinski definition) is 0. The van der Waals surface area contributed by atoms with Gasteiger partial charge in [-0.2, -0.15) is 0 Å². The molecule has 2 aliphatic heterocycles. The maximum atomic E-state index is 2.55. The van der Waals surface area contributed by atoms with E-state index in [1.807, 2.05) is 0 Å². The highest BCUT2D eigenvalue weighted by Crippen LogP contribution is 2.52. The number of aromatic nitrogens is 2. The maximum Gasteiger partial charge on any atom is 0.0554 e. The lowest BCUT2D eigenvalue weighted by atomic mass is 9.84. The molecule has 0 saturated carbocycles. The summed E-state index contributed by atoms with van der Waals surface area (Å²) in [5, 5.41) is 15.2. The van der Waals surface area contributed by atoms with Crippen LogP contribution in [-0.4, -0.2) is 9.13 Å². The third-order valence-corrected chi connectivity index (χ3v) is 11.2. The largest absolute Gasteiger partial charge is 0.309 e. The molecule has 10 aromatic rings. The maximum absolute atomic E-state index is 2.55. The lowest BCUT2D eigenvalue weighted by molar-refractivity contribution is 1.16. The molecule has 0 aliphatic carbocycles. The third-order valence-electron chi connectivity index (χ3n) is 11.2. The number of nitrogens with zero attached hydrogens (tertiary/aromatic N) is 2. The van der Waals surface area contributed by atoms with Gasteiger partial charge in [-0.25, -0.2) is 0 Å². The van der Waals surface area contributed by atoms with Gasteiger partial charge in [0.25, 0.3) is 0 Å². The molecule has 2 heterocycles. The zero-order valence-electron chi connectivity index (χ0n) is 27.1. The molecule has 0 radical (unpaired) electrons. The highest BCUT2D eigenvalue weighted by molar-refractivity contribution is 6.32. The van der Waals surface area contributed by atoms with Crippen molar-refractivity contribution in [2.45, 2.75) is 0 Å². The van der Waals surface area contributed by atoms with Gasteiger partial charge in [-0.3, -0.25) is 0 Å². The average molecular weight is 633 g/mol. The number of hydrogen-bond donors (Lipinski definition) is 0.